The first kappa shape index (κ1) is 39.0. The van der Waals surface area contributed by atoms with Crippen LogP contribution in [-0.2, 0) is 35.4 Å². The van der Waals surface area contributed by atoms with Crippen molar-refractivity contribution >= 4 is 22.2 Å². The summed E-state index contributed by atoms with van der Waals surface area (Å²) in [6.07, 6.45) is -0.987. The molecule has 2 amide bonds. The van der Waals surface area contributed by atoms with Gasteiger partial charge in [-0.05, 0) is 48.8 Å². The summed E-state index contributed by atoms with van der Waals surface area (Å²) >= 11 is 0. The summed E-state index contributed by atoms with van der Waals surface area (Å²) in [7, 11) is -4.27. The summed E-state index contributed by atoms with van der Waals surface area (Å²) in [6.45, 7) is 5.28. The molecule has 2 N–H and O–H groups in total. The molecular weight excluding hydrogens is 710 g/mol. The predicted octanol–water partition coefficient (Wildman–Crippen LogP) is 2.50. The molecule has 6 rings (SSSR count). The first-order valence-corrected chi connectivity index (χ1v) is 19.7. The fourth-order valence-electron chi connectivity index (χ4n) is 7.56. The van der Waals surface area contributed by atoms with Crippen LogP contribution in [0, 0.1) is 11.3 Å². The van der Waals surface area contributed by atoms with Crippen molar-refractivity contribution in [2.24, 2.45) is 11.3 Å². The van der Waals surface area contributed by atoms with Crippen LogP contribution >= 0.6 is 0 Å². The molecule has 4 aliphatic heterocycles. The number of amides is 2. The van der Waals surface area contributed by atoms with Crippen LogP contribution in [0.4, 0.5) is 9.59 Å². The number of aliphatic hydroxyl groups excluding tert-OH is 1. The van der Waals surface area contributed by atoms with Gasteiger partial charge in [0.05, 0.1) is 49.5 Å². The minimum Gasteiger partial charge on any atom is -0.530 e. The number of rotatable bonds is 17. The number of hydrogen-bond acceptors (Lipinski definition) is 12. The number of carbonyl (C=O) groups excluding carboxylic acids is 2. The number of aliphatic hydroxyl groups is 1. The third-order valence-corrected chi connectivity index (χ3v) is 12.2. The van der Waals surface area contributed by atoms with Crippen molar-refractivity contribution in [2.45, 2.75) is 87.8 Å². The number of nitrogens with one attached hydrogen (secondary N) is 1. The Bertz CT molecular complexity index is 1660. The fraction of sp³-hybridized carbons (Fsp3) is 0.622. The molecule has 0 saturated carbocycles. The van der Waals surface area contributed by atoms with Crippen molar-refractivity contribution in [1.82, 2.24) is 14.5 Å². The minimum atomic E-state index is -4.27. The first-order valence-electron chi connectivity index (χ1n) is 18.3. The van der Waals surface area contributed by atoms with Crippen molar-refractivity contribution in [1.29, 1.82) is 0 Å². The zero-order chi connectivity index (χ0) is 37.6. The summed E-state index contributed by atoms with van der Waals surface area (Å²) in [5.41, 5.74) is 0.169. The van der Waals surface area contributed by atoms with Crippen molar-refractivity contribution < 1.29 is 56.6 Å². The topological polar surface area (TPSA) is 185 Å². The number of carboxylic acid groups (broad SMARTS) is 1. The number of ether oxygens (including phenoxy) is 6. The molecule has 0 radical (unpaired) electrons. The molecule has 6 atom stereocenters. The average molecular weight is 761 g/mol. The highest BCUT2D eigenvalue weighted by Gasteiger charge is 2.47. The highest BCUT2D eigenvalue weighted by molar-refractivity contribution is 7.89. The molecule has 0 unspecified atom stereocenters. The Morgan fingerprint density at radius 1 is 1.04 bits per heavy atom. The molecule has 2 aromatic carbocycles. The molecule has 0 bridgehead atoms. The van der Waals surface area contributed by atoms with E-state index in [1.807, 2.05) is 44.2 Å². The molecule has 0 spiro atoms. The standard InChI is InChI=1S/C37H51N3O12S/c1-37(2,14-6-7-15-38-35(42)52-26-12-16-47-21-26)23-39(53(45,46)27-10-11-32-33(19-27)51-24-50-32)20-31(41)29(18-25-8-4-3-5-9-25)40(36(43)44)30-22-49-34-28(30)13-17-48-34/h3-5,8-11,19,26,28-31,34,41H,6-7,12-18,20-24H2,1-2H3,(H,38,42)(H,43,44)/p-1/t26-,28+,29+,30+,31-,34-/m1/s1. The molecule has 16 heteroatoms. The number of alkyl carbamates (subject to hydrolysis) is 1. The van der Waals surface area contributed by atoms with Crippen LogP contribution < -0.4 is 19.9 Å². The number of hydrogen-bond donors (Lipinski definition) is 2. The fourth-order valence-corrected chi connectivity index (χ4v) is 9.22. The van der Waals surface area contributed by atoms with Crippen molar-refractivity contribution in [2.75, 3.05) is 52.9 Å². The SMILES string of the molecule is CC(C)(CCCCNC(=O)O[C@@H]1CCOC1)CN(C[C@@H](O)[C@H](Cc1ccccc1)N(C(=O)[O-])[C@H]1CO[C@H]2OCC[C@H]21)S(=O)(=O)c1ccc2c(c1)OCO2. The number of unbranched alkanes of at least 4 members (excludes halogenated alkanes) is 1. The minimum absolute atomic E-state index is 0.00639. The lowest BCUT2D eigenvalue weighted by atomic mass is 9.87. The van der Waals surface area contributed by atoms with Gasteiger partial charge in [0.25, 0.3) is 0 Å². The van der Waals surface area contributed by atoms with Gasteiger partial charge in [-0.3, -0.25) is 0 Å². The van der Waals surface area contributed by atoms with Gasteiger partial charge in [-0.2, -0.15) is 4.31 Å². The van der Waals surface area contributed by atoms with Gasteiger partial charge in [-0.15, -0.1) is 0 Å². The Labute approximate surface area is 310 Å². The third-order valence-electron chi connectivity index (χ3n) is 10.4. The smallest absolute Gasteiger partial charge is 0.407 e. The second kappa shape index (κ2) is 17.2. The van der Waals surface area contributed by atoms with Crippen LogP contribution in [0.1, 0.15) is 51.5 Å². The van der Waals surface area contributed by atoms with Crippen molar-refractivity contribution in [3.8, 4) is 11.5 Å². The Morgan fingerprint density at radius 2 is 1.83 bits per heavy atom. The number of fused-ring (bicyclic) bond motifs is 2. The van der Waals surface area contributed by atoms with E-state index in [9.17, 15) is 28.2 Å². The maximum atomic E-state index is 14.5. The van der Waals surface area contributed by atoms with E-state index in [4.69, 9.17) is 28.4 Å². The quantitative estimate of drug-likeness (QED) is 0.225. The average Bonchev–Trinajstić information content (AvgIpc) is 3.95. The monoisotopic (exact) mass is 760 g/mol. The first-order chi connectivity index (χ1) is 25.4. The van der Waals surface area contributed by atoms with Gasteiger partial charge < -0.3 is 53.6 Å². The van der Waals surface area contributed by atoms with Crippen LogP contribution in [0.15, 0.2) is 53.4 Å². The number of carbonyl (C=O) groups is 2. The van der Waals surface area contributed by atoms with Crippen LogP contribution in [0.2, 0.25) is 0 Å². The molecule has 0 aromatic heterocycles. The Morgan fingerprint density at radius 3 is 2.58 bits per heavy atom. The number of benzene rings is 2. The second-order valence-corrected chi connectivity index (χ2v) is 16.8. The van der Waals surface area contributed by atoms with Gasteiger partial charge in [0, 0.05) is 38.0 Å². The molecule has 0 aliphatic carbocycles. The van der Waals surface area contributed by atoms with E-state index < -0.39 is 58.6 Å². The van der Waals surface area contributed by atoms with E-state index >= 15 is 0 Å². The van der Waals surface area contributed by atoms with E-state index in [0.29, 0.717) is 64.2 Å². The molecule has 53 heavy (non-hydrogen) atoms. The van der Waals surface area contributed by atoms with E-state index in [0.717, 1.165) is 10.5 Å². The second-order valence-electron chi connectivity index (χ2n) is 14.8. The maximum Gasteiger partial charge on any atom is 0.407 e. The summed E-state index contributed by atoms with van der Waals surface area (Å²) in [6, 6.07) is 11.8. The van der Waals surface area contributed by atoms with Crippen LogP contribution in [0.3, 0.4) is 0 Å². The molecule has 4 heterocycles. The molecule has 292 valence electrons. The van der Waals surface area contributed by atoms with Gasteiger partial charge >= 0.3 is 6.09 Å². The zero-order valence-electron chi connectivity index (χ0n) is 30.2. The predicted molar refractivity (Wildman–Crippen MR) is 187 cm³/mol. The summed E-state index contributed by atoms with van der Waals surface area (Å²) in [5.74, 6) is 0.459. The lowest BCUT2D eigenvalue weighted by Gasteiger charge is -2.43. The van der Waals surface area contributed by atoms with Crippen LogP contribution in [0.5, 0.6) is 11.5 Å². The highest BCUT2D eigenvalue weighted by atomic mass is 32.2. The third kappa shape index (κ3) is 9.72. The lowest BCUT2D eigenvalue weighted by Crippen LogP contribution is -2.61. The highest BCUT2D eigenvalue weighted by Crippen LogP contribution is 2.38. The van der Waals surface area contributed by atoms with Gasteiger partial charge in [0.2, 0.25) is 16.8 Å². The molecular formula is C37H50N3O12S-. The van der Waals surface area contributed by atoms with Crippen molar-refractivity contribution in [3.63, 3.8) is 0 Å². The van der Waals surface area contributed by atoms with E-state index in [2.05, 4.69) is 5.32 Å². The van der Waals surface area contributed by atoms with Gasteiger partial charge in [0.1, 0.15) is 12.2 Å². The van der Waals surface area contributed by atoms with E-state index in [1.165, 1.54) is 22.5 Å². The van der Waals surface area contributed by atoms with E-state index in [1.54, 1.807) is 0 Å². The summed E-state index contributed by atoms with van der Waals surface area (Å²) in [4.78, 5) is 26.2. The summed E-state index contributed by atoms with van der Waals surface area (Å²) in [5, 5.41) is 27.8. The number of sulfonamides is 1. The lowest BCUT2D eigenvalue weighted by molar-refractivity contribution is -0.273. The van der Waals surface area contributed by atoms with E-state index in [-0.39, 0.29) is 49.0 Å². The molecule has 3 saturated heterocycles. The normalized spacial score (nSPS) is 23.5. The van der Waals surface area contributed by atoms with Crippen LogP contribution in [0.25, 0.3) is 0 Å². The molecule has 2 aromatic rings. The Kier molecular flexibility index (Phi) is 12.7. The molecule has 3 fully saturated rings. The van der Waals surface area contributed by atoms with Crippen LogP contribution in [-0.4, -0.2) is 118 Å². The van der Waals surface area contributed by atoms with Gasteiger partial charge in [-0.25, -0.2) is 13.2 Å². The van der Waals surface area contributed by atoms with Crippen molar-refractivity contribution in [3.05, 3.63) is 54.1 Å². The maximum absolute atomic E-state index is 14.5. The molecule has 15 nitrogen and oxygen atoms in total. The zero-order valence-corrected chi connectivity index (χ0v) is 31.0. The summed E-state index contributed by atoms with van der Waals surface area (Å²) < 4.78 is 63.2. The van der Waals surface area contributed by atoms with Gasteiger partial charge in [-0.1, -0.05) is 50.6 Å². The van der Waals surface area contributed by atoms with Gasteiger partial charge in [0.15, 0.2) is 17.8 Å². The Hall–Kier alpha value is -3.67. The molecule has 4 aliphatic rings. The number of nitrogens with zero attached hydrogens (tertiary/aromatic N) is 2. The Balaban J connectivity index is 1.21. The largest absolute Gasteiger partial charge is 0.530 e.